The predicted molar refractivity (Wildman–Crippen MR) is 115 cm³/mol. The van der Waals surface area contributed by atoms with Gasteiger partial charge in [0, 0.05) is 43.5 Å². The summed E-state index contributed by atoms with van der Waals surface area (Å²) in [7, 11) is 0. The molecule has 7 heteroatoms. The van der Waals surface area contributed by atoms with Crippen LogP contribution in [0.4, 0.5) is 0 Å². The third kappa shape index (κ3) is 5.21. The zero-order valence-electron chi connectivity index (χ0n) is 17.7. The van der Waals surface area contributed by atoms with Crippen molar-refractivity contribution < 1.29 is 14.6 Å². The topological polar surface area (TPSA) is 75.6 Å². The first-order chi connectivity index (χ1) is 13.7. The predicted octanol–water partition coefficient (Wildman–Crippen LogP) is 4.32. The zero-order chi connectivity index (χ0) is 21.1. The Bertz CT molecular complexity index is 818. The maximum atomic E-state index is 12.3. The van der Waals surface area contributed by atoms with Gasteiger partial charge in [0.15, 0.2) is 11.4 Å². The van der Waals surface area contributed by atoms with E-state index in [4.69, 9.17) is 4.74 Å². The first-order valence-electron chi connectivity index (χ1n) is 10.2. The van der Waals surface area contributed by atoms with Crippen LogP contribution < -0.4 is 0 Å². The second kappa shape index (κ2) is 8.90. The lowest BCUT2D eigenvalue weighted by Crippen LogP contribution is -2.59. The molecule has 1 aliphatic heterocycles. The third-order valence-electron chi connectivity index (χ3n) is 5.56. The lowest BCUT2D eigenvalue weighted by molar-refractivity contribution is -0.181. The average Bonchev–Trinajstić information content (AvgIpc) is 3.14. The molecule has 3 heterocycles. The SMILES string of the molecule is CCCO[C@@]1(C(=O)O)C[C@@H](C(C)(C)C)CN(Cc2ccc(-c3ncccn3)s2)C1. The molecule has 0 radical (unpaired) electrons. The van der Waals surface area contributed by atoms with Crippen LogP contribution in [0, 0.1) is 11.3 Å². The van der Waals surface area contributed by atoms with E-state index >= 15 is 0 Å². The van der Waals surface area contributed by atoms with Crippen LogP contribution in [-0.4, -0.2) is 51.2 Å². The van der Waals surface area contributed by atoms with Gasteiger partial charge in [-0.05, 0) is 42.4 Å². The van der Waals surface area contributed by atoms with Crippen molar-refractivity contribution in [3.8, 4) is 10.7 Å². The number of aliphatic carboxylic acids is 1. The Morgan fingerprint density at radius 1 is 1.34 bits per heavy atom. The van der Waals surface area contributed by atoms with E-state index in [1.165, 1.54) is 4.88 Å². The quantitative estimate of drug-likeness (QED) is 0.723. The van der Waals surface area contributed by atoms with Gasteiger partial charge in [-0.15, -0.1) is 11.3 Å². The summed E-state index contributed by atoms with van der Waals surface area (Å²) in [6.07, 6.45) is 4.84. The Hall–Kier alpha value is -1.83. The first-order valence-corrected chi connectivity index (χ1v) is 11.0. The molecule has 0 bridgehead atoms. The largest absolute Gasteiger partial charge is 0.479 e. The van der Waals surface area contributed by atoms with E-state index in [1.807, 2.05) is 13.0 Å². The van der Waals surface area contributed by atoms with Crippen LogP contribution in [0.25, 0.3) is 10.7 Å². The van der Waals surface area contributed by atoms with Gasteiger partial charge >= 0.3 is 5.97 Å². The average molecular weight is 418 g/mol. The maximum Gasteiger partial charge on any atom is 0.337 e. The van der Waals surface area contributed by atoms with Crippen molar-refractivity contribution in [3.05, 3.63) is 35.5 Å². The molecule has 1 aliphatic rings. The summed E-state index contributed by atoms with van der Waals surface area (Å²) in [4.78, 5) is 25.4. The fourth-order valence-corrected chi connectivity index (χ4v) is 4.81. The molecule has 2 aromatic heterocycles. The highest BCUT2D eigenvalue weighted by molar-refractivity contribution is 7.15. The number of carboxylic acids is 1. The molecule has 1 saturated heterocycles. The molecule has 2 atom stereocenters. The number of hydrogen-bond acceptors (Lipinski definition) is 6. The normalized spacial score (nSPS) is 23.2. The summed E-state index contributed by atoms with van der Waals surface area (Å²) in [6, 6.07) is 5.94. The van der Waals surface area contributed by atoms with Gasteiger partial charge in [-0.3, -0.25) is 4.90 Å². The Labute approximate surface area is 177 Å². The first kappa shape index (κ1) is 21.9. The van der Waals surface area contributed by atoms with Gasteiger partial charge in [-0.1, -0.05) is 27.7 Å². The fraction of sp³-hybridized carbons (Fsp3) is 0.591. The number of piperidine rings is 1. The molecule has 3 rings (SSSR count). The highest BCUT2D eigenvalue weighted by atomic mass is 32.1. The summed E-state index contributed by atoms with van der Waals surface area (Å²) >= 11 is 1.66. The van der Waals surface area contributed by atoms with Gasteiger partial charge in [-0.2, -0.15) is 0 Å². The van der Waals surface area contributed by atoms with Crippen LogP contribution in [-0.2, 0) is 16.1 Å². The van der Waals surface area contributed by atoms with E-state index in [1.54, 1.807) is 29.8 Å². The number of thiophene rings is 1. The van der Waals surface area contributed by atoms with Crippen LogP contribution in [0.3, 0.4) is 0 Å². The minimum Gasteiger partial charge on any atom is -0.479 e. The summed E-state index contributed by atoms with van der Waals surface area (Å²) in [5.41, 5.74) is -1.14. The van der Waals surface area contributed by atoms with Crippen molar-refractivity contribution in [2.45, 2.75) is 52.7 Å². The molecular weight excluding hydrogens is 386 g/mol. The third-order valence-corrected chi connectivity index (χ3v) is 6.62. The summed E-state index contributed by atoms with van der Waals surface area (Å²) in [5.74, 6) is 0.108. The van der Waals surface area contributed by atoms with Crippen molar-refractivity contribution in [1.29, 1.82) is 0 Å². The van der Waals surface area contributed by atoms with Gasteiger partial charge < -0.3 is 9.84 Å². The van der Waals surface area contributed by atoms with Crippen molar-refractivity contribution >= 4 is 17.3 Å². The molecule has 1 N–H and O–H groups in total. The van der Waals surface area contributed by atoms with Crippen LogP contribution in [0.1, 0.15) is 45.4 Å². The molecule has 29 heavy (non-hydrogen) atoms. The van der Waals surface area contributed by atoms with Crippen molar-refractivity contribution in [2.75, 3.05) is 19.7 Å². The highest BCUT2D eigenvalue weighted by Gasteiger charge is 2.49. The molecule has 6 nitrogen and oxygen atoms in total. The number of carboxylic acid groups (broad SMARTS) is 1. The monoisotopic (exact) mass is 417 g/mol. The molecule has 0 unspecified atom stereocenters. The van der Waals surface area contributed by atoms with Crippen LogP contribution in [0.5, 0.6) is 0 Å². The van der Waals surface area contributed by atoms with Gasteiger partial charge in [0.25, 0.3) is 0 Å². The molecule has 1 fully saturated rings. The fourth-order valence-electron chi connectivity index (χ4n) is 3.81. The molecule has 0 saturated carbocycles. The lowest BCUT2D eigenvalue weighted by atomic mass is 9.71. The Morgan fingerprint density at radius 3 is 2.69 bits per heavy atom. The van der Waals surface area contributed by atoms with Crippen molar-refractivity contribution in [3.63, 3.8) is 0 Å². The second-order valence-electron chi connectivity index (χ2n) is 8.92. The van der Waals surface area contributed by atoms with E-state index in [-0.39, 0.29) is 11.3 Å². The molecule has 2 aromatic rings. The minimum absolute atomic E-state index is 0.00737. The van der Waals surface area contributed by atoms with Gasteiger partial charge in [0.2, 0.25) is 0 Å². The number of nitrogens with zero attached hydrogens (tertiary/aromatic N) is 3. The van der Waals surface area contributed by atoms with E-state index in [2.05, 4.69) is 41.7 Å². The smallest absolute Gasteiger partial charge is 0.337 e. The molecular formula is C22H31N3O3S. The molecule has 158 valence electrons. The number of carbonyl (C=O) groups is 1. The second-order valence-corrected chi connectivity index (χ2v) is 10.1. The van der Waals surface area contributed by atoms with Crippen LogP contribution in [0.15, 0.2) is 30.6 Å². The van der Waals surface area contributed by atoms with E-state index in [9.17, 15) is 9.90 Å². The minimum atomic E-state index is -1.14. The number of aromatic nitrogens is 2. The van der Waals surface area contributed by atoms with Crippen LogP contribution >= 0.6 is 11.3 Å². The maximum absolute atomic E-state index is 12.3. The molecule has 0 spiro atoms. The van der Waals surface area contributed by atoms with E-state index in [0.29, 0.717) is 26.1 Å². The Kier molecular flexibility index (Phi) is 6.71. The van der Waals surface area contributed by atoms with E-state index in [0.717, 1.165) is 23.7 Å². The van der Waals surface area contributed by atoms with E-state index < -0.39 is 11.6 Å². The number of hydrogen-bond donors (Lipinski definition) is 1. The lowest BCUT2D eigenvalue weighted by Gasteiger charge is -2.47. The van der Waals surface area contributed by atoms with Gasteiger partial charge in [0.05, 0.1) is 4.88 Å². The summed E-state index contributed by atoms with van der Waals surface area (Å²) in [6.45, 7) is 11.0. The number of likely N-dealkylation sites (tertiary alicyclic amines) is 1. The van der Waals surface area contributed by atoms with Crippen molar-refractivity contribution in [1.82, 2.24) is 14.9 Å². The Balaban J connectivity index is 1.82. The molecule has 0 amide bonds. The number of ether oxygens (including phenoxy) is 1. The summed E-state index contributed by atoms with van der Waals surface area (Å²) < 4.78 is 5.99. The van der Waals surface area contributed by atoms with Crippen LogP contribution in [0.2, 0.25) is 0 Å². The Morgan fingerprint density at radius 2 is 2.07 bits per heavy atom. The zero-order valence-corrected chi connectivity index (χ0v) is 18.5. The van der Waals surface area contributed by atoms with Gasteiger partial charge in [0.1, 0.15) is 0 Å². The van der Waals surface area contributed by atoms with Gasteiger partial charge in [-0.25, -0.2) is 14.8 Å². The molecule has 0 aromatic carbocycles. The standard InChI is InChI=1S/C22H31N3O3S/c1-5-11-28-22(20(26)27)12-16(21(2,3)4)13-25(15-22)14-17-7-8-18(29-17)19-23-9-6-10-24-19/h6-10,16H,5,11-15H2,1-4H3,(H,26,27)/t16-,22+/m1/s1. The highest BCUT2D eigenvalue weighted by Crippen LogP contribution is 2.40. The van der Waals surface area contributed by atoms with Crippen molar-refractivity contribution in [2.24, 2.45) is 11.3 Å². The summed E-state index contributed by atoms with van der Waals surface area (Å²) in [5, 5.41) is 10.1. The molecule has 0 aliphatic carbocycles. The number of rotatable bonds is 7.